The van der Waals surface area contributed by atoms with Crippen LogP contribution >= 0.6 is 0 Å². The van der Waals surface area contributed by atoms with Crippen LogP contribution in [0.2, 0.25) is 0 Å². The molecule has 0 N–H and O–H groups in total. The molecule has 0 aliphatic rings. The molecule has 3 rings (SSSR count). The fourth-order valence-corrected chi connectivity index (χ4v) is 3.17. The third-order valence-electron chi connectivity index (χ3n) is 4.35. The highest BCUT2D eigenvalue weighted by Gasteiger charge is 2.31. The molecule has 7 heteroatoms. The quantitative estimate of drug-likeness (QED) is 0.645. The first kappa shape index (κ1) is 19.2. The molecule has 2 heterocycles. The minimum absolute atomic E-state index is 0.0868. The third-order valence-corrected chi connectivity index (χ3v) is 4.35. The first-order valence-corrected chi connectivity index (χ1v) is 8.62. The topological polar surface area (TPSA) is 39.8 Å². The van der Waals surface area contributed by atoms with Crippen molar-refractivity contribution >= 4 is 11.0 Å². The van der Waals surface area contributed by atoms with Crippen molar-refractivity contribution in [3.05, 3.63) is 52.1 Å². The molecule has 0 radical (unpaired) electrons. The van der Waals surface area contributed by atoms with Gasteiger partial charge in [-0.1, -0.05) is 26.8 Å². The Labute approximate surface area is 155 Å². The highest BCUT2D eigenvalue weighted by Crippen LogP contribution is 2.33. The Balaban J connectivity index is 2.18. The average molecular weight is 377 g/mol. The Hall–Kier alpha value is -2.57. The van der Waals surface area contributed by atoms with Gasteiger partial charge in [0.15, 0.2) is 0 Å². The number of pyridine rings is 1. The van der Waals surface area contributed by atoms with E-state index >= 15 is 0 Å². The smallest absolute Gasteiger partial charge is 0.295 e. The van der Waals surface area contributed by atoms with E-state index in [9.17, 15) is 18.0 Å². The summed E-state index contributed by atoms with van der Waals surface area (Å²) < 4.78 is 42.6. The normalized spacial score (nSPS) is 12.7. The van der Waals surface area contributed by atoms with Crippen LogP contribution in [0.1, 0.15) is 32.0 Å². The molecular weight excluding hydrogens is 355 g/mol. The van der Waals surface area contributed by atoms with Gasteiger partial charge in [0.05, 0.1) is 22.3 Å². The van der Waals surface area contributed by atoms with Gasteiger partial charge in [-0.2, -0.15) is 13.2 Å². The van der Waals surface area contributed by atoms with Crippen molar-refractivity contribution in [3.63, 3.8) is 0 Å². The number of alkyl halides is 3. The zero-order valence-corrected chi connectivity index (χ0v) is 16.0. The third kappa shape index (κ3) is 3.77. The molecule has 4 nitrogen and oxygen atoms in total. The lowest BCUT2D eigenvalue weighted by Gasteiger charge is -2.18. The molecule has 0 spiro atoms. The predicted molar refractivity (Wildman–Crippen MR) is 99.6 cm³/mol. The van der Waals surface area contributed by atoms with Crippen molar-refractivity contribution in [2.45, 2.75) is 40.4 Å². The summed E-state index contributed by atoms with van der Waals surface area (Å²) in [5.41, 5.74) is 1.52. The van der Waals surface area contributed by atoms with Gasteiger partial charge in [0.25, 0.3) is 0 Å². The lowest BCUT2D eigenvalue weighted by molar-refractivity contribution is -0.137. The van der Waals surface area contributed by atoms with Gasteiger partial charge in [-0.15, -0.1) is 0 Å². The fraction of sp³-hybridized carbons (Fsp3) is 0.400. The van der Waals surface area contributed by atoms with Crippen LogP contribution in [0, 0.1) is 12.3 Å². The molecule has 0 aliphatic heterocycles. The van der Waals surface area contributed by atoms with Gasteiger partial charge in [0.1, 0.15) is 0 Å². The molecule has 0 aliphatic carbocycles. The lowest BCUT2D eigenvalue weighted by atomic mass is 9.97. The van der Waals surface area contributed by atoms with Crippen LogP contribution in [-0.2, 0) is 19.8 Å². The van der Waals surface area contributed by atoms with Crippen molar-refractivity contribution in [2.24, 2.45) is 12.5 Å². The van der Waals surface area contributed by atoms with Gasteiger partial charge in [-0.3, -0.25) is 14.1 Å². The number of imidazole rings is 1. The number of hydrogen-bond acceptors (Lipinski definition) is 2. The number of nitrogens with zero attached hydrogens (tertiary/aromatic N) is 3. The van der Waals surface area contributed by atoms with E-state index in [1.807, 2.05) is 20.8 Å². The van der Waals surface area contributed by atoms with Crippen LogP contribution in [0.15, 0.2) is 35.1 Å². The van der Waals surface area contributed by atoms with E-state index in [-0.39, 0.29) is 16.8 Å². The van der Waals surface area contributed by atoms with E-state index in [1.165, 1.54) is 11.5 Å². The number of rotatable bonds is 2. The molecule has 0 amide bonds. The molecule has 1 aromatic carbocycles. The monoisotopic (exact) mass is 377 g/mol. The largest absolute Gasteiger partial charge is 0.416 e. The maximum Gasteiger partial charge on any atom is 0.416 e. The summed E-state index contributed by atoms with van der Waals surface area (Å²) in [6.45, 7) is 8.21. The number of halogens is 3. The Kier molecular flexibility index (Phi) is 4.44. The van der Waals surface area contributed by atoms with Gasteiger partial charge in [-0.25, -0.2) is 4.79 Å². The fourth-order valence-electron chi connectivity index (χ4n) is 3.17. The molecule has 0 saturated heterocycles. The van der Waals surface area contributed by atoms with Gasteiger partial charge >= 0.3 is 11.9 Å². The Morgan fingerprint density at radius 2 is 1.70 bits per heavy atom. The molecule has 0 atom stereocenters. The average Bonchev–Trinajstić information content (AvgIpc) is 2.77. The van der Waals surface area contributed by atoms with E-state index < -0.39 is 11.7 Å². The highest BCUT2D eigenvalue weighted by atomic mass is 19.4. The number of aryl methyl sites for hydroxylation is 2. The summed E-state index contributed by atoms with van der Waals surface area (Å²) in [4.78, 5) is 16.9. The Morgan fingerprint density at radius 1 is 1.04 bits per heavy atom. The second-order valence-corrected chi connectivity index (χ2v) is 8.07. The van der Waals surface area contributed by atoms with Crippen molar-refractivity contribution in [1.29, 1.82) is 0 Å². The molecule has 3 aromatic rings. The van der Waals surface area contributed by atoms with Crippen LogP contribution in [0.3, 0.4) is 0 Å². The van der Waals surface area contributed by atoms with E-state index in [2.05, 4.69) is 4.98 Å². The van der Waals surface area contributed by atoms with Gasteiger partial charge < -0.3 is 0 Å². The first-order chi connectivity index (χ1) is 12.4. The van der Waals surface area contributed by atoms with Crippen LogP contribution in [0.4, 0.5) is 13.2 Å². The molecule has 0 unspecified atom stereocenters. The van der Waals surface area contributed by atoms with Crippen molar-refractivity contribution in [3.8, 4) is 11.3 Å². The first-order valence-electron chi connectivity index (χ1n) is 8.62. The van der Waals surface area contributed by atoms with Crippen molar-refractivity contribution < 1.29 is 13.2 Å². The number of fused-ring (bicyclic) bond motifs is 1. The molecule has 2 aromatic heterocycles. The summed E-state index contributed by atoms with van der Waals surface area (Å²) in [5.74, 6) is 0. The SMILES string of the molecule is Cc1cc(C(F)(F)F)cc(-c2ccc3c(c2)n(C)c(=O)n3CC(C)(C)C)n1. The molecule has 0 saturated carbocycles. The second kappa shape index (κ2) is 6.25. The predicted octanol–water partition coefficient (Wildman–Crippen LogP) is 4.78. The zero-order chi connectivity index (χ0) is 20.1. The molecule has 0 fully saturated rings. The standard InChI is InChI=1S/C20H22F3N3O/c1-12-8-14(20(21,22)23)10-15(24-12)13-6-7-16-17(9-13)25(5)18(27)26(16)11-19(2,3)4/h6-10H,11H2,1-5H3. The molecule has 0 bridgehead atoms. The van der Waals surface area contributed by atoms with Gasteiger partial charge in [0.2, 0.25) is 0 Å². The van der Waals surface area contributed by atoms with Crippen molar-refractivity contribution in [2.75, 3.05) is 0 Å². The second-order valence-electron chi connectivity index (χ2n) is 8.07. The summed E-state index contributed by atoms with van der Waals surface area (Å²) in [6, 6.07) is 7.27. The lowest BCUT2D eigenvalue weighted by Crippen LogP contribution is -2.27. The highest BCUT2D eigenvalue weighted by molar-refractivity contribution is 5.82. The van der Waals surface area contributed by atoms with E-state index in [0.29, 0.717) is 23.3 Å². The summed E-state index contributed by atoms with van der Waals surface area (Å²) in [6.07, 6.45) is -4.44. The number of hydrogen-bond donors (Lipinski definition) is 0. The maximum atomic E-state index is 13.1. The van der Waals surface area contributed by atoms with Crippen molar-refractivity contribution in [1.82, 2.24) is 14.1 Å². The maximum absolute atomic E-state index is 13.1. The Morgan fingerprint density at radius 3 is 2.30 bits per heavy atom. The molecular formula is C20H22F3N3O. The minimum Gasteiger partial charge on any atom is -0.295 e. The number of aromatic nitrogens is 3. The van der Waals surface area contributed by atoms with Crippen LogP contribution < -0.4 is 5.69 Å². The Bertz CT molecular complexity index is 1070. The van der Waals surface area contributed by atoms with Crippen LogP contribution in [-0.4, -0.2) is 14.1 Å². The van der Waals surface area contributed by atoms with E-state index in [0.717, 1.165) is 17.6 Å². The molecule has 144 valence electrons. The van der Waals surface area contributed by atoms with Crippen LogP contribution in [0.25, 0.3) is 22.3 Å². The van der Waals surface area contributed by atoms with E-state index in [1.54, 1.807) is 29.8 Å². The van der Waals surface area contributed by atoms with E-state index in [4.69, 9.17) is 0 Å². The van der Waals surface area contributed by atoms with Gasteiger partial charge in [0, 0.05) is 24.8 Å². The molecule has 27 heavy (non-hydrogen) atoms. The van der Waals surface area contributed by atoms with Gasteiger partial charge in [-0.05, 0) is 36.6 Å². The summed E-state index contributed by atoms with van der Waals surface area (Å²) in [7, 11) is 1.67. The number of benzene rings is 1. The zero-order valence-electron chi connectivity index (χ0n) is 16.0. The summed E-state index contributed by atoms with van der Waals surface area (Å²) >= 11 is 0. The summed E-state index contributed by atoms with van der Waals surface area (Å²) in [5, 5.41) is 0. The minimum atomic E-state index is -4.44. The van der Waals surface area contributed by atoms with Crippen LogP contribution in [0.5, 0.6) is 0 Å².